The normalized spacial score (nSPS) is 25.6. The molecule has 2 aromatic carbocycles. The number of nitrogens with zero attached hydrogens (tertiary/aromatic N) is 1. The fourth-order valence-electron chi connectivity index (χ4n) is 2.68. The Balaban J connectivity index is 2.05. The average Bonchev–Trinajstić information content (AvgIpc) is 2.87. The van der Waals surface area contributed by atoms with Gasteiger partial charge in [0.05, 0.1) is 23.8 Å². The Labute approximate surface area is 118 Å². The zero-order valence-corrected chi connectivity index (χ0v) is 11.4. The van der Waals surface area contributed by atoms with Crippen molar-refractivity contribution < 1.29 is 9.63 Å². The lowest BCUT2D eigenvalue weighted by Gasteiger charge is -2.30. The molecule has 1 aliphatic rings. The zero-order chi connectivity index (χ0) is 14.0. The summed E-state index contributed by atoms with van der Waals surface area (Å²) in [6.45, 7) is 2.34. The van der Waals surface area contributed by atoms with Gasteiger partial charge in [0.25, 0.3) is 0 Å². The number of para-hydroxylation sites is 1. The molecule has 1 heterocycles. The van der Waals surface area contributed by atoms with Gasteiger partial charge in [-0.25, -0.2) is 5.06 Å². The number of rotatable bonds is 3. The molecule has 2 atom stereocenters. The first-order valence-corrected chi connectivity index (χ1v) is 6.73. The Bertz CT molecular complexity index is 584. The van der Waals surface area contributed by atoms with Gasteiger partial charge in [-0.15, -0.1) is 0 Å². The molecule has 0 aromatic heterocycles. The summed E-state index contributed by atoms with van der Waals surface area (Å²) in [6.07, 6.45) is 1.01. The number of hydrogen-bond acceptors (Lipinski definition) is 3. The lowest BCUT2D eigenvalue weighted by molar-refractivity contribution is -0.115. The van der Waals surface area contributed by atoms with Crippen LogP contribution in [-0.2, 0) is 9.63 Å². The molecule has 0 bridgehead atoms. The van der Waals surface area contributed by atoms with E-state index in [4.69, 9.17) is 4.84 Å². The summed E-state index contributed by atoms with van der Waals surface area (Å²) in [6, 6.07) is 19.8. The maximum Gasteiger partial charge on any atom is 0.130 e. The van der Waals surface area contributed by atoms with Crippen LogP contribution in [0.25, 0.3) is 0 Å². The first kappa shape index (κ1) is 12.9. The van der Waals surface area contributed by atoms with E-state index in [1.807, 2.05) is 72.7 Å². The predicted octanol–water partition coefficient (Wildman–Crippen LogP) is 3.38. The van der Waals surface area contributed by atoms with Crippen molar-refractivity contribution in [1.29, 1.82) is 0 Å². The highest BCUT2D eigenvalue weighted by atomic mass is 16.7. The second-order valence-electron chi connectivity index (χ2n) is 5.37. The van der Waals surface area contributed by atoms with Crippen LogP contribution in [0.3, 0.4) is 0 Å². The first-order valence-electron chi connectivity index (χ1n) is 6.73. The van der Waals surface area contributed by atoms with E-state index >= 15 is 0 Å². The van der Waals surface area contributed by atoms with Crippen LogP contribution in [0.4, 0.5) is 5.69 Å². The third-order valence-electron chi connectivity index (χ3n) is 3.77. The SMILES string of the molecule is C[C@]1(C=O)CON(c2ccccc2)[C@@H]1c1ccccc1. The Kier molecular flexibility index (Phi) is 3.28. The van der Waals surface area contributed by atoms with Crippen molar-refractivity contribution in [1.82, 2.24) is 0 Å². The van der Waals surface area contributed by atoms with E-state index in [0.717, 1.165) is 17.5 Å². The maximum absolute atomic E-state index is 11.6. The van der Waals surface area contributed by atoms with Crippen molar-refractivity contribution in [3.63, 3.8) is 0 Å². The quantitative estimate of drug-likeness (QED) is 0.798. The van der Waals surface area contributed by atoms with Crippen LogP contribution in [-0.4, -0.2) is 12.9 Å². The average molecular weight is 267 g/mol. The summed E-state index contributed by atoms with van der Waals surface area (Å²) in [5, 5.41) is 1.85. The maximum atomic E-state index is 11.6. The summed E-state index contributed by atoms with van der Waals surface area (Å²) in [7, 11) is 0. The monoisotopic (exact) mass is 267 g/mol. The van der Waals surface area contributed by atoms with Crippen molar-refractivity contribution in [2.24, 2.45) is 5.41 Å². The van der Waals surface area contributed by atoms with Crippen LogP contribution in [0.2, 0.25) is 0 Å². The van der Waals surface area contributed by atoms with Gasteiger partial charge in [-0.3, -0.25) is 4.84 Å². The molecule has 3 rings (SSSR count). The van der Waals surface area contributed by atoms with E-state index < -0.39 is 5.41 Å². The zero-order valence-electron chi connectivity index (χ0n) is 11.4. The number of hydroxylamine groups is 1. The van der Waals surface area contributed by atoms with Gasteiger partial charge in [0.15, 0.2) is 0 Å². The van der Waals surface area contributed by atoms with Crippen molar-refractivity contribution in [2.75, 3.05) is 11.7 Å². The van der Waals surface area contributed by atoms with E-state index in [-0.39, 0.29) is 6.04 Å². The summed E-state index contributed by atoms with van der Waals surface area (Å²) in [5.74, 6) is 0. The second kappa shape index (κ2) is 5.10. The molecule has 0 unspecified atom stereocenters. The molecule has 0 radical (unpaired) electrons. The van der Waals surface area contributed by atoms with Gasteiger partial charge in [-0.05, 0) is 24.6 Å². The molecule has 0 amide bonds. The van der Waals surface area contributed by atoms with Crippen LogP contribution < -0.4 is 5.06 Å². The minimum atomic E-state index is -0.544. The van der Waals surface area contributed by atoms with Crippen LogP contribution in [0, 0.1) is 5.41 Å². The molecular formula is C17H17NO2. The largest absolute Gasteiger partial charge is 0.303 e. The highest BCUT2D eigenvalue weighted by molar-refractivity contribution is 5.65. The van der Waals surface area contributed by atoms with E-state index in [2.05, 4.69) is 0 Å². The predicted molar refractivity (Wildman–Crippen MR) is 78.2 cm³/mol. The number of carbonyl (C=O) groups is 1. The van der Waals surface area contributed by atoms with Crippen molar-refractivity contribution >= 4 is 12.0 Å². The van der Waals surface area contributed by atoms with E-state index in [0.29, 0.717) is 6.61 Å². The highest BCUT2D eigenvalue weighted by Crippen LogP contribution is 2.45. The van der Waals surface area contributed by atoms with Gasteiger partial charge >= 0.3 is 0 Å². The lowest BCUT2D eigenvalue weighted by Crippen LogP contribution is -2.31. The third-order valence-corrected chi connectivity index (χ3v) is 3.77. The number of anilines is 1. The minimum Gasteiger partial charge on any atom is -0.303 e. The fraction of sp³-hybridized carbons (Fsp3) is 0.235. The van der Waals surface area contributed by atoms with Crippen molar-refractivity contribution in [3.8, 4) is 0 Å². The molecule has 2 aromatic rings. The topological polar surface area (TPSA) is 29.5 Å². The van der Waals surface area contributed by atoms with Gasteiger partial charge < -0.3 is 4.79 Å². The number of carbonyl (C=O) groups excluding carboxylic acids is 1. The van der Waals surface area contributed by atoms with E-state index in [9.17, 15) is 4.79 Å². The second-order valence-corrected chi connectivity index (χ2v) is 5.37. The van der Waals surface area contributed by atoms with Crippen molar-refractivity contribution in [2.45, 2.75) is 13.0 Å². The minimum absolute atomic E-state index is 0.108. The number of benzene rings is 2. The van der Waals surface area contributed by atoms with E-state index in [1.54, 1.807) is 0 Å². The van der Waals surface area contributed by atoms with Crippen molar-refractivity contribution in [3.05, 3.63) is 66.2 Å². The third kappa shape index (κ3) is 2.10. The smallest absolute Gasteiger partial charge is 0.130 e. The molecule has 1 aliphatic heterocycles. The molecule has 102 valence electrons. The van der Waals surface area contributed by atoms with Gasteiger partial charge in [-0.2, -0.15) is 0 Å². The van der Waals surface area contributed by atoms with Crippen LogP contribution in [0.15, 0.2) is 60.7 Å². The van der Waals surface area contributed by atoms with Gasteiger partial charge in [0.2, 0.25) is 0 Å². The Morgan fingerprint density at radius 2 is 1.70 bits per heavy atom. The Morgan fingerprint density at radius 3 is 2.30 bits per heavy atom. The molecule has 0 saturated carbocycles. The van der Waals surface area contributed by atoms with E-state index in [1.165, 1.54) is 0 Å². The fourth-order valence-corrected chi connectivity index (χ4v) is 2.68. The summed E-state index contributed by atoms with van der Waals surface area (Å²) >= 11 is 0. The Hall–Kier alpha value is -2.13. The summed E-state index contributed by atoms with van der Waals surface area (Å²) < 4.78 is 0. The molecular weight excluding hydrogens is 250 g/mol. The first-order chi connectivity index (χ1) is 9.74. The number of hydrogen-bond donors (Lipinski definition) is 0. The lowest BCUT2D eigenvalue weighted by atomic mass is 9.81. The molecule has 3 nitrogen and oxygen atoms in total. The van der Waals surface area contributed by atoms with Crippen LogP contribution in [0.5, 0.6) is 0 Å². The molecule has 0 aliphatic carbocycles. The number of aldehydes is 1. The van der Waals surface area contributed by atoms with Gasteiger partial charge in [0, 0.05) is 0 Å². The van der Waals surface area contributed by atoms with Crippen LogP contribution in [0.1, 0.15) is 18.5 Å². The molecule has 1 saturated heterocycles. The molecule has 3 heteroatoms. The summed E-state index contributed by atoms with van der Waals surface area (Å²) in [4.78, 5) is 17.4. The summed E-state index contributed by atoms with van der Waals surface area (Å²) in [5.41, 5.74) is 1.51. The Morgan fingerprint density at radius 1 is 1.10 bits per heavy atom. The molecule has 20 heavy (non-hydrogen) atoms. The molecule has 0 spiro atoms. The molecule has 1 fully saturated rings. The van der Waals surface area contributed by atoms with Gasteiger partial charge in [-0.1, -0.05) is 48.5 Å². The van der Waals surface area contributed by atoms with Crippen LogP contribution >= 0.6 is 0 Å². The standard InChI is InChI=1S/C17H17NO2/c1-17(12-19)13-20-18(15-10-6-3-7-11-15)16(17)14-8-4-2-5-9-14/h2-12,16H,13H2,1H3/t16-,17+/m1/s1. The highest BCUT2D eigenvalue weighted by Gasteiger charge is 2.46. The molecule has 0 N–H and O–H groups in total. The van der Waals surface area contributed by atoms with Gasteiger partial charge in [0.1, 0.15) is 6.29 Å².